The van der Waals surface area contributed by atoms with Crippen molar-refractivity contribution in [2.24, 2.45) is 0 Å². The van der Waals surface area contributed by atoms with Crippen molar-refractivity contribution in [3.05, 3.63) is 35.9 Å². The molecule has 0 atom stereocenters. The highest BCUT2D eigenvalue weighted by atomic mass is 15.3. The zero-order valence-corrected chi connectivity index (χ0v) is 11.7. The molecule has 102 valence electrons. The van der Waals surface area contributed by atoms with Crippen molar-refractivity contribution in [1.29, 1.82) is 0 Å². The van der Waals surface area contributed by atoms with Crippen LogP contribution in [0.2, 0.25) is 0 Å². The van der Waals surface area contributed by atoms with Crippen LogP contribution in [-0.4, -0.2) is 49.1 Å². The van der Waals surface area contributed by atoms with Gasteiger partial charge in [-0.1, -0.05) is 36.3 Å². The standard InChI is InChI=1S/C17H24N2/c1-2-11-18-13-15-19(16-14-18)12-7-6-10-17-8-4-3-5-9-17/h1,3-5,8-9H,6-7,10-16H2. The highest BCUT2D eigenvalue weighted by Crippen LogP contribution is 2.07. The second-order valence-electron chi connectivity index (χ2n) is 5.26. The third-order valence-electron chi connectivity index (χ3n) is 3.81. The largest absolute Gasteiger partial charge is 0.301 e. The predicted molar refractivity (Wildman–Crippen MR) is 81.1 cm³/mol. The smallest absolute Gasteiger partial charge is 0.0599 e. The Morgan fingerprint density at radius 2 is 1.63 bits per heavy atom. The fraction of sp³-hybridized carbons (Fsp3) is 0.529. The van der Waals surface area contributed by atoms with Gasteiger partial charge in [0.25, 0.3) is 0 Å². The van der Waals surface area contributed by atoms with Crippen LogP contribution in [0.3, 0.4) is 0 Å². The number of benzene rings is 1. The van der Waals surface area contributed by atoms with Crippen molar-refractivity contribution >= 4 is 0 Å². The summed E-state index contributed by atoms with van der Waals surface area (Å²) in [5.74, 6) is 2.73. The van der Waals surface area contributed by atoms with Gasteiger partial charge in [0.2, 0.25) is 0 Å². The van der Waals surface area contributed by atoms with Crippen LogP contribution in [0.1, 0.15) is 18.4 Å². The summed E-state index contributed by atoms with van der Waals surface area (Å²) in [6, 6.07) is 10.8. The van der Waals surface area contributed by atoms with E-state index >= 15 is 0 Å². The van der Waals surface area contributed by atoms with Gasteiger partial charge < -0.3 is 4.90 Å². The minimum absolute atomic E-state index is 0.807. The number of hydrogen-bond acceptors (Lipinski definition) is 2. The maximum absolute atomic E-state index is 5.34. The van der Waals surface area contributed by atoms with Crippen molar-refractivity contribution in [1.82, 2.24) is 9.80 Å². The van der Waals surface area contributed by atoms with Crippen molar-refractivity contribution in [2.45, 2.75) is 19.3 Å². The lowest BCUT2D eigenvalue weighted by molar-refractivity contribution is 0.142. The van der Waals surface area contributed by atoms with Crippen molar-refractivity contribution in [2.75, 3.05) is 39.3 Å². The highest BCUT2D eigenvalue weighted by molar-refractivity contribution is 5.14. The first-order valence-corrected chi connectivity index (χ1v) is 7.30. The Hall–Kier alpha value is -1.30. The van der Waals surface area contributed by atoms with E-state index in [1.165, 1.54) is 44.5 Å². The maximum atomic E-state index is 5.34. The van der Waals surface area contributed by atoms with E-state index < -0.39 is 0 Å². The molecule has 1 aromatic rings. The summed E-state index contributed by atoms with van der Waals surface area (Å²) in [5.41, 5.74) is 1.46. The molecule has 1 heterocycles. The summed E-state index contributed by atoms with van der Waals surface area (Å²) in [6.07, 6.45) is 9.13. The first-order valence-electron chi connectivity index (χ1n) is 7.30. The van der Waals surface area contributed by atoms with Gasteiger partial charge in [0.05, 0.1) is 6.54 Å². The fourth-order valence-corrected chi connectivity index (χ4v) is 2.61. The lowest BCUT2D eigenvalue weighted by Gasteiger charge is -2.33. The minimum atomic E-state index is 0.807. The Balaban J connectivity index is 1.56. The van der Waals surface area contributed by atoms with Gasteiger partial charge >= 0.3 is 0 Å². The van der Waals surface area contributed by atoms with Gasteiger partial charge in [0.1, 0.15) is 0 Å². The second kappa shape index (κ2) is 7.99. The molecule has 0 aliphatic carbocycles. The average molecular weight is 256 g/mol. The van der Waals surface area contributed by atoms with Crippen LogP contribution in [-0.2, 0) is 6.42 Å². The number of aryl methyl sites for hydroxylation is 1. The van der Waals surface area contributed by atoms with Crippen LogP contribution in [0.5, 0.6) is 0 Å². The number of piperazine rings is 1. The summed E-state index contributed by atoms with van der Waals surface area (Å²) >= 11 is 0. The Labute approximate surface area is 117 Å². The van der Waals surface area contributed by atoms with Gasteiger partial charge in [-0.25, -0.2) is 0 Å². The summed E-state index contributed by atoms with van der Waals surface area (Å²) in [4.78, 5) is 4.93. The normalized spacial score (nSPS) is 17.2. The molecule has 0 saturated carbocycles. The van der Waals surface area contributed by atoms with Crippen molar-refractivity contribution in [3.63, 3.8) is 0 Å². The van der Waals surface area contributed by atoms with Crippen LogP contribution in [0.25, 0.3) is 0 Å². The summed E-state index contributed by atoms with van der Waals surface area (Å²) in [7, 11) is 0. The van der Waals surface area contributed by atoms with E-state index in [1.54, 1.807) is 0 Å². The molecular weight excluding hydrogens is 232 g/mol. The van der Waals surface area contributed by atoms with E-state index in [9.17, 15) is 0 Å². The molecule has 1 aliphatic rings. The quantitative estimate of drug-likeness (QED) is 0.569. The van der Waals surface area contributed by atoms with Gasteiger partial charge in [-0.2, -0.15) is 0 Å². The molecule has 0 N–H and O–H groups in total. The van der Waals surface area contributed by atoms with Gasteiger partial charge in [-0.3, -0.25) is 4.90 Å². The number of rotatable bonds is 6. The van der Waals surface area contributed by atoms with E-state index in [2.05, 4.69) is 46.1 Å². The molecule has 1 aliphatic heterocycles. The average Bonchev–Trinajstić information content (AvgIpc) is 2.47. The number of hydrogen-bond donors (Lipinski definition) is 0. The van der Waals surface area contributed by atoms with Crippen LogP contribution in [0.4, 0.5) is 0 Å². The van der Waals surface area contributed by atoms with Crippen molar-refractivity contribution < 1.29 is 0 Å². The van der Waals surface area contributed by atoms with Gasteiger partial charge in [0, 0.05) is 26.2 Å². The van der Waals surface area contributed by atoms with E-state index in [4.69, 9.17) is 6.42 Å². The SMILES string of the molecule is C#CCN1CCN(CCCCc2ccccc2)CC1. The first-order chi connectivity index (χ1) is 9.38. The molecule has 1 aromatic carbocycles. The van der Waals surface area contributed by atoms with Gasteiger partial charge in [0.15, 0.2) is 0 Å². The minimum Gasteiger partial charge on any atom is -0.301 e. The number of unbranched alkanes of at least 4 members (excludes halogenated alkanes) is 1. The topological polar surface area (TPSA) is 6.48 Å². The number of nitrogens with zero attached hydrogens (tertiary/aromatic N) is 2. The van der Waals surface area contributed by atoms with Crippen LogP contribution >= 0.6 is 0 Å². The highest BCUT2D eigenvalue weighted by Gasteiger charge is 2.14. The number of terminal acetylenes is 1. The molecule has 0 unspecified atom stereocenters. The zero-order chi connectivity index (χ0) is 13.3. The Bertz CT molecular complexity index is 385. The summed E-state index contributed by atoms with van der Waals surface area (Å²) in [6.45, 7) is 6.64. The molecule has 0 radical (unpaired) electrons. The molecule has 2 nitrogen and oxygen atoms in total. The lowest BCUT2D eigenvalue weighted by atomic mass is 10.1. The van der Waals surface area contributed by atoms with E-state index in [1.807, 2.05) is 0 Å². The van der Waals surface area contributed by atoms with Crippen LogP contribution in [0, 0.1) is 12.3 Å². The monoisotopic (exact) mass is 256 g/mol. The molecule has 1 fully saturated rings. The van der Waals surface area contributed by atoms with Gasteiger partial charge in [-0.15, -0.1) is 6.42 Å². The molecule has 0 spiro atoms. The summed E-state index contributed by atoms with van der Waals surface area (Å²) in [5, 5.41) is 0. The third kappa shape index (κ3) is 5.06. The van der Waals surface area contributed by atoms with Crippen LogP contribution < -0.4 is 0 Å². The van der Waals surface area contributed by atoms with E-state index in [0.717, 1.165) is 19.6 Å². The molecule has 0 aromatic heterocycles. The molecule has 0 bridgehead atoms. The molecule has 0 amide bonds. The fourth-order valence-electron chi connectivity index (χ4n) is 2.61. The van der Waals surface area contributed by atoms with Crippen LogP contribution in [0.15, 0.2) is 30.3 Å². The van der Waals surface area contributed by atoms with E-state index in [-0.39, 0.29) is 0 Å². The molecular formula is C17H24N2. The van der Waals surface area contributed by atoms with Crippen molar-refractivity contribution in [3.8, 4) is 12.3 Å². The predicted octanol–water partition coefficient (Wildman–Crippen LogP) is 2.26. The zero-order valence-electron chi connectivity index (χ0n) is 11.7. The summed E-state index contributed by atoms with van der Waals surface area (Å²) < 4.78 is 0. The Morgan fingerprint density at radius 1 is 0.947 bits per heavy atom. The lowest BCUT2D eigenvalue weighted by Crippen LogP contribution is -2.46. The first kappa shape index (κ1) is 14.1. The Morgan fingerprint density at radius 3 is 2.32 bits per heavy atom. The molecule has 1 saturated heterocycles. The third-order valence-corrected chi connectivity index (χ3v) is 3.81. The molecule has 2 rings (SSSR count). The Kier molecular flexibility index (Phi) is 5.94. The van der Waals surface area contributed by atoms with E-state index in [0.29, 0.717) is 0 Å². The molecule has 19 heavy (non-hydrogen) atoms. The molecule has 2 heteroatoms. The van der Waals surface area contributed by atoms with Gasteiger partial charge in [-0.05, 0) is 31.4 Å². The second-order valence-corrected chi connectivity index (χ2v) is 5.26. The maximum Gasteiger partial charge on any atom is 0.0599 e.